The SMILES string of the molecule is CNC(=O)c1ccc(CN(C)C(=O)c2ccccc2OCC(=O)Nc2ccccc2F)cc1. The summed E-state index contributed by atoms with van der Waals surface area (Å²) in [7, 11) is 3.21. The second-order valence-electron chi connectivity index (χ2n) is 7.25. The highest BCUT2D eigenvalue weighted by molar-refractivity contribution is 5.97. The van der Waals surface area contributed by atoms with Gasteiger partial charge in [0.2, 0.25) is 0 Å². The molecule has 170 valence electrons. The van der Waals surface area contributed by atoms with Crippen LogP contribution in [0.3, 0.4) is 0 Å². The number of halogens is 1. The van der Waals surface area contributed by atoms with Crippen LogP contribution in [0.2, 0.25) is 0 Å². The van der Waals surface area contributed by atoms with E-state index in [4.69, 9.17) is 4.74 Å². The Labute approximate surface area is 191 Å². The van der Waals surface area contributed by atoms with Gasteiger partial charge in [-0.25, -0.2) is 4.39 Å². The highest BCUT2D eigenvalue weighted by atomic mass is 19.1. The lowest BCUT2D eigenvalue weighted by Crippen LogP contribution is -2.27. The Kier molecular flexibility index (Phi) is 7.75. The zero-order valence-corrected chi connectivity index (χ0v) is 18.3. The van der Waals surface area contributed by atoms with Crippen molar-refractivity contribution in [1.82, 2.24) is 10.2 Å². The summed E-state index contributed by atoms with van der Waals surface area (Å²) in [6.45, 7) is -0.0712. The van der Waals surface area contributed by atoms with Crippen molar-refractivity contribution >= 4 is 23.4 Å². The first-order chi connectivity index (χ1) is 15.9. The van der Waals surface area contributed by atoms with Gasteiger partial charge in [0.15, 0.2) is 6.61 Å². The molecule has 2 N–H and O–H groups in total. The molecule has 0 atom stereocenters. The van der Waals surface area contributed by atoms with E-state index in [1.807, 2.05) is 0 Å². The number of carbonyl (C=O) groups excluding carboxylic acids is 3. The van der Waals surface area contributed by atoms with Crippen LogP contribution in [0.1, 0.15) is 26.3 Å². The number of amides is 3. The van der Waals surface area contributed by atoms with Gasteiger partial charge < -0.3 is 20.3 Å². The quantitative estimate of drug-likeness (QED) is 0.551. The van der Waals surface area contributed by atoms with E-state index in [1.54, 1.807) is 68.7 Å². The minimum Gasteiger partial charge on any atom is -0.483 e. The zero-order valence-electron chi connectivity index (χ0n) is 18.3. The molecule has 7 nitrogen and oxygen atoms in total. The van der Waals surface area contributed by atoms with E-state index in [9.17, 15) is 18.8 Å². The van der Waals surface area contributed by atoms with Crippen molar-refractivity contribution in [2.75, 3.05) is 26.0 Å². The Morgan fingerprint density at radius 1 is 0.939 bits per heavy atom. The monoisotopic (exact) mass is 449 g/mol. The largest absolute Gasteiger partial charge is 0.483 e. The van der Waals surface area contributed by atoms with Gasteiger partial charge in [0, 0.05) is 26.2 Å². The van der Waals surface area contributed by atoms with Crippen molar-refractivity contribution in [1.29, 1.82) is 0 Å². The van der Waals surface area contributed by atoms with E-state index < -0.39 is 11.7 Å². The number of rotatable bonds is 8. The van der Waals surface area contributed by atoms with Crippen molar-refractivity contribution in [3.05, 3.63) is 95.3 Å². The summed E-state index contributed by atoms with van der Waals surface area (Å²) in [6, 6.07) is 19.4. The van der Waals surface area contributed by atoms with Crippen molar-refractivity contribution < 1.29 is 23.5 Å². The Morgan fingerprint density at radius 2 is 1.61 bits per heavy atom. The van der Waals surface area contributed by atoms with Gasteiger partial charge in [0.1, 0.15) is 11.6 Å². The topological polar surface area (TPSA) is 87.7 Å². The van der Waals surface area contributed by atoms with Gasteiger partial charge >= 0.3 is 0 Å². The Hall–Kier alpha value is -4.20. The van der Waals surface area contributed by atoms with E-state index in [-0.39, 0.29) is 29.9 Å². The molecule has 0 radical (unpaired) electrons. The van der Waals surface area contributed by atoms with Crippen molar-refractivity contribution in [3.63, 3.8) is 0 Å². The Balaban J connectivity index is 1.63. The number of nitrogens with zero attached hydrogens (tertiary/aromatic N) is 1. The van der Waals surface area contributed by atoms with Gasteiger partial charge in [0.25, 0.3) is 17.7 Å². The van der Waals surface area contributed by atoms with Crippen LogP contribution in [-0.2, 0) is 11.3 Å². The fraction of sp³-hybridized carbons (Fsp3) is 0.160. The van der Waals surface area contributed by atoms with Gasteiger partial charge in [-0.3, -0.25) is 14.4 Å². The number of ether oxygens (including phenoxy) is 1. The average Bonchev–Trinajstić information content (AvgIpc) is 2.84. The number of anilines is 1. The third-order valence-corrected chi connectivity index (χ3v) is 4.83. The molecule has 3 amide bonds. The third kappa shape index (κ3) is 6.16. The summed E-state index contributed by atoms with van der Waals surface area (Å²) in [4.78, 5) is 38.3. The molecule has 3 aromatic rings. The molecule has 0 bridgehead atoms. The summed E-state index contributed by atoms with van der Waals surface area (Å²) in [6.07, 6.45) is 0. The predicted octanol–water partition coefficient (Wildman–Crippen LogP) is 3.48. The van der Waals surface area contributed by atoms with Crippen LogP contribution in [-0.4, -0.2) is 43.3 Å². The fourth-order valence-electron chi connectivity index (χ4n) is 3.12. The first-order valence-electron chi connectivity index (χ1n) is 10.2. The van der Waals surface area contributed by atoms with Crippen LogP contribution >= 0.6 is 0 Å². The molecule has 3 rings (SSSR count). The van der Waals surface area contributed by atoms with E-state index in [0.717, 1.165) is 5.56 Å². The van der Waals surface area contributed by atoms with Gasteiger partial charge in [0.05, 0.1) is 11.3 Å². The van der Waals surface area contributed by atoms with Crippen LogP contribution in [0.25, 0.3) is 0 Å². The standard InChI is InChI=1S/C25H24FN3O4/c1-27-24(31)18-13-11-17(12-14-18)15-29(2)25(32)19-7-3-6-10-22(19)33-16-23(30)28-21-9-5-4-8-20(21)26/h3-14H,15-16H2,1-2H3,(H,27,31)(H,28,30). The van der Waals surface area contributed by atoms with Crippen LogP contribution < -0.4 is 15.4 Å². The molecular weight excluding hydrogens is 425 g/mol. The number of benzene rings is 3. The van der Waals surface area contributed by atoms with Crippen LogP contribution in [0.15, 0.2) is 72.8 Å². The second-order valence-corrected chi connectivity index (χ2v) is 7.25. The molecule has 3 aromatic carbocycles. The van der Waals surface area contributed by atoms with Crippen molar-refractivity contribution in [3.8, 4) is 5.75 Å². The van der Waals surface area contributed by atoms with Gasteiger partial charge in [-0.2, -0.15) is 0 Å². The summed E-state index contributed by atoms with van der Waals surface area (Å²) in [5.74, 6) is -1.34. The summed E-state index contributed by atoms with van der Waals surface area (Å²) in [5, 5.41) is 5.00. The van der Waals surface area contributed by atoms with Crippen molar-refractivity contribution in [2.45, 2.75) is 6.54 Å². The molecule has 0 spiro atoms. The molecule has 0 saturated heterocycles. The molecule has 8 heteroatoms. The van der Waals surface area contributed by atoms with Gasteiger partial charge in [-0.15, -0.1) is 0 Å². The van der Waals surface area contributed by atoms with Crippen LogP contribution in [0.4, 0.5) is 10.1 Å². The molecular formula is C25H24FN3O4. The molecule has 33 heavy (non-hydrogen) atoms. The number of carbonyl (C=O) groups is 3. The van der Waals surface area contributed by atoms with Crippen LogP contribution in [0.5, 0.6) is 5.75 Å². The fourth-order valence-corrected chi connectivity index (χ4v) is 3.12. The lowest BCUT2D eigenvalue weighted by atomic mass is 10.1. The molecule has 0 unspecified atom stereocenters. The van der Waals surface area contributed by atoms with Crippen molar-refractivity contribution in [2.24, 2.45) is 0 Å². The average molecular weight is 449 g/mol. The molecule has 0 aromatic heterocycles. The highest BCUT2D eigenvalue weighted by Crippen LogP contribution is 2.21. The maximum absolute atomic E-state index is 13.7. The summed E-state index contributed by atoms with van der Waals surface area (Å²) >= 11 is 0. The van der Waals surface area contributed by atoms with Gasteiger partial charge in [-0.05, 0) is 42.0 Å². The number of hydrogen-bond acceptors (Lipinski definition) is 4. The van der Waals surface area contributed by atoms with E-state index in [2.05, 4.69) is 10.6 Å². The predicted molar refractivity (Wildman–Crippen MR) is 123 cm³/mol. The number of para-hydroxylation sites is 2. The highest BCUT2D eigenvalue weighted by Gasteiger charge is 2.18. The first-order valence-corrected chi connectivity index (χ1v) is 10.2. The normalized spacial score (nSPS) is 10.3. The number of hydrogen-bond donors (Lipinski definition) is 2. The minimum absolute atomic E-state index is 0.0534. The molecule has 0 aliphatic carbocycles. The first kappa shape index (κ1) is 23.5. The molecule has 0 aliphatic rings. The Bertz CT molecular complexity index is 1150. The zero-order chi connectivity index (χ0) is 23.8. The van der Waals surface area contributed by atoms with Gasteiger partial charge in [-0.1, -0.05) is 36.4 Å². The minimum atomic E-state index is -0.550. The van der Waals surface area contributed by atoms with E-state index in [1.165, 1.54) is 23.1 Å². The van der Waals surface area contributed by atoms with Crippen LogP contribution in [0, 0.1) is 5.82 Å². The van der Waals surface area contributed by atoms with E-state index in [0.29, 0.717) is 17.7 Å². The molecule has 0 heterocycles. The second kappa shape index (κ2) is 10.9. The molecule has 0 saturated carbocycles. The third-order valence-electron chi connectivity index (χ3n) is 4.83. The number of nitrogens with one attached hydrogen (secondary N) is 2. The molecule has 0 aliphatic heterocycles. The smallest absolute Gasteiger partial charge is 0.262 e. The summed E-state index contributed by atoms with van der Waals surface area (Å²) < 4.78 is 19.3. The maximum Gasteiger partial charge on any atom is 0.262 e. The summed E-state index contributed by atoms with van der Waals surface area (Å²) in [5.41, 5.74) is 1.72. The lowest BCUT2D eigenvalue weighted by molar-refractivity contribution is -0.118. The Morgan fingerprint density at radius 3 is 2.30 bits per heavy atom. The van der Waals surface area contributed by atoms with E-state index >= 15 is 0 Å². The lowest BCUT2D eigenvalue weighted by Gasteiger charge is -2.19. The maximum atomic E-state index is 13.7. The molecule has 0 fully saturated rings.